The third-order valence-corrected chi connectivity index (χ3v) is 5.87. The van der Waals surface area contributed by atoms with Crippen LogP contribution in [0.4, 0.5) is 0 Å². The molecule has 0 aliphatic carbocycles. The van der Waals surface area contributed by atoms with Crippen LogP contribution >= 0.6 is 0 Å². The molecule has 4 rings (SSSR count). The predicted octanol–water partition coefficient (Wildman–Crippen LogP) is 0.964. The summed E-state index contributed by atoms with van der Waals surface area (Å²) in [6.45, 7) is 3.74. The average Bonchev–Trinajstić information content (AvgIpc) is 3.18. The summed E-state index contributed by atoms with van der Waals surface area (Å²) in [6, 6.07) is 8.09. The van der Waals surface area contributed by atoms with Crippen LogP contribution in [0.5, 0.6) is 0 Å². The summed E-state index contributed by atoms with van der Waals surface area (Å²) in [4.78, 5) is 17.2. The first-order valence-corrected chi connectivity index (χ1v) is 9.29. The minimum absolute atomic E-state index is 0.0430. The third-order valence-electron chi connectivity index (χ3n) is 5.87. The van der Waals surface area contributed by atoms with Crippen LogP contribution in [0.3, 0.4) is 0 Å². The lowest BCUT2D eigenvalue weighted by Gasteiger charge is -2.33. The van der Waals surface area contributed by atoms with Crippen LogP contribution in [-0.2, 0) is 18.3 Å². The molecule has 1 atom stereocenters. The Labute approximate surface area is 148 Å². The van der Waals surface area contributed by atoms with Crippen molar-refractivity contribution in [3.63, 3.8) is 0 Å². The van der Waals surface area contributed by atoms with Gasteiger partial charge in [-0.15, -0.1) is 0 Å². The lowest BCUT2D eigenvalue weighted by molar-refractivity contribution is -0.122. The smallest absolute Gasteiger partial charge is 0.237 e. The number of hydrogen-bond acceptors (Lipinski definition) is 4. The van der Waals surface area contributed by atoms with Gasteiger partial charge in [0.05, 0.1) is 17.1 Å². The quantitative estimate of drug-likeness (QED) is 0.775. The number of aromatic nitrogens is 2. The van der Waals surface area contributed by atoms with Crippen LogP contribution in [0, 0.1) is 5.41 Å². The zero-order valence-electron chi connectivity index (χ0n) is 14.8. The van der Waals surface area contributed by atoms with Gasteiger partial charge in [0.25, 0.3) is 0 Å². The fourth-order valence-electron chi connectivity index (χ4n) is 4.28. The van der Waals surface area contributed by atoms with Crippen molar-refractivity contribution >= 4 is 16.9 Å². The van der Waals surface area contributed by atoms with Crippen LogP contribution in [0.1, 0.15) is 25.1 Å². The summed E-state index contributed by atoms with van der Waals surface area (Å²) in [6.07, 6.45) is 4.05. The SMILES string of the molecule is Cn1c(CCNC(=O)C2CC3(CCNCC3)CN2)nc2ccccc21. The molecular weight excluding hydrogens is 314 g/mol. The molecular formula is C19H27N5O. The van der Waals surface area contributed by atoms with Crippen molar-refractivity contribution in [3.05, 3.63) is 30.1 Å². The molecule has 0 saturated carbocycles. The third kappa shape index (κ3) is 3.28. The molecule has 1 aromatic carbocycles. The van der Waals surface area contributed by atoms with Crippen molar-refractivity contribution in [1.29, 1.82) is 0 Å². The zero-order chi connectivity index (χ0) is 17.3. The first-order chi connectivity index (χ1) is 12.2. The highest BCUT2D eigenvalue weighted by Crippen LogP contribution is 2.37. The van der Waals surface area contributed by atoms with Gasteiger partial charge < -0.3 is 20.5 Å². The van der Waals surface area contributed by atoms with Gasteiger partial charge in [0, 0.05) is 26.6 Å². The zero-order valence-corrected chi connectivity index (χ0v) is 14.8. The summed E-state index contributed by atoms with van der Waals surface area (Å²) < 4.78 is 2.11. The Kier molecular flexibility index (Phi) is 4.48. The van der Waals surface area contributed by atoms with Gasteiger partial charge in [-0.1, -0.05) is 12.1 Å². The van der Waals surface area contributed by atoms with Crippen molar-refractivity contribution in [2.45, 2.75) is 31.7 Å². The molecule has 0 bridgehead atoms. The van der Waals surface area contributed by atoms with Gasteiger partial charge in [-0.25, -0.2) is 4.98 Å². The van der Waals surface area contributed by atoms with E-state index in [9.17, 15) is 4.79 Å². The number of para-hydroxylation sites is 2. The summed E-state index contributed by atoms with van der Waals surface area (Å²) in [5, 5.41) is 9.95. The van der Waals surface area contributed by atoms with E-state index in [0.717, 1.165) is 49.3 Å². The van der Waals surface area contributed by atoms with Gasteiger partial charge >= 0.3 is 0 Å². The minimum Gasteiger partial charge on any atom is -0.354 e. The number of piperidine rings is 1. The fourth-order valence-corrected chi connectivity index (χ4v) is 4.28. The molecule has 0 radical (unpaired) electrons. The number of aryl methyl sites for hydroxylation is 1. The normalized spacial score (nSPS) is 22.5. The van der Waals surface area contributed by atoms with Crippen LogP contribution in [0.15, 0.2) is 24.3 Å². The lowest BCUT2D eigenvalue weighted by atomic mass is 9.77. The summed E-state index contributed by atoms with van der Waals surface area (Å²) in [5.74, 6) is 1.14. The maximum absolute atomic E-state index is 12.5. The number of carbonyl (C=O) groups is 1. The van der Waals surface area contributed by atoms with Crippen LogP contribution in [-0.4, -0.2) is 47.7 Å². The van der Waals surface area contributed by atoms with E-state index in [1.165, 1.54) is 12.8 Å². The number of imidazole rings is 1. The minimum atomic E-state index is -0.0430. The molecule has 2 saturated heterocycles. The van der Waals surface area contributed by atoms with Gasteiger partial charge in [-0.05, 0) is 49.9 Å². The Morgan fingerprint density at radius 2 is 2.16 bits per heavy atom. The highest BCUT2D eigenvalue weighted by Gasteiger charge is 2.41. The number of nitrogens with one attached hydrogen (secondary N) is 3. The maximum atomic E-state index is 12.5. The number of rotatable bonds is 4. The van der Waals surface area contributed by atoms with Crippen molar-refractivity contribution in [3.8, 4) is 0 Å². The molecule has 2 fully saturated rings. The largest absolute Gasteiger partial charge is 0.354 e. The monoisotopic (exact) mass is 341 g/mol. The fraction of sp³-hybridized carbons (Fsp3) is 0.579. The molecule has 2 aliphatic rings. The molecule has 6 heteroatoms. The van der Waals surface area contributed by atoms with E-state index in [1.807, 2.05) is 25.2 Å². The van der Waals surface area contributed by atoms with E-state index in [2.05, 4.69) is 31.6 Å². The van der Waals surface area contributed by atoms with Crippen LogP contribution < -0.4 is 16.0 Å². The topological polar surface area (TPSA) is 71.0 Å². The maximum Gasteiger partial charge on any atom is 0.237 e. The van der Waals surface area contributed by atoms with Gasteiger partial charge in [0.15, 0.2) is 0 Å². The second kappa shape index (κ2) is 6.77. The van der Waals surface area contributed by atoms with Gasteiger partial charge in [0.1, 0.15) is 5.82 Å². The Morgan fingerprint density at radius 3 is 2.96 bits per heavy atom. The summed E-state index contributed by atoms with van der Waals surface area (Å²) >= 11 is 0. The molecule has 3 heterocycles. The van der Waals surface area contributed by atoms with Crippen LogP contribution in [0.25, 0.3) is 11.0 Å². The Hall–Kier alpha value is -1.92. The van der Waals surface area contributed by atoms with Crippen molar-refractivity contribution < 1.29 is 4.79 Å². The molecule has 6 nitrogen and oxygen atoms in total. The van der Waals surface area contributed by atoms with Gasteiger partial charge in [0.2, 0.25) is 5.91 Å². The molecule has 134 valence electrons. The van der Waals surface area contributed by atoms with E-state index in [0.29, 0.717) is 12.0 Å². The number of amides is 1. The number of benzene rings is 1. The summed E-state index contributed by atoms with van der Waals surface area (Å²) in [5.41, 5.74) is 2.47. The van der Waals surface area contributed by atoms with Crippen LogP contribution in [0.2, 0.25) is 0 Å². The van der Waals surface area contributed by atoms with Gasteiger partial charge in [-0.2, -0.15) is 0 Å². The molecule has 2 aliphatic heterocycles. The second-order valence-corrected chi connectivity index (χ2v) is 7.50. The molecule has 1 aromatic heterocycles. The van der Waals surface area contributed by atoms with E-state index in [-0.39, 0.29) is 11.9 Å². The Bertz CT molecular complexity index is 762. The molecule has 2 aromatic rings. The second-order valence-electron chi connectivity index (χ2n) is 7.50. The number of carbonyl (C=O) groups excluding carboxylic acids is 1. The first kappa shape index (κ1) is 16.5. The van der Waals surface area contributed by atoms with E-state index < -0.39 is 0 Å². The van der Waals surface area contributed by atoms with Crippen molar-refractivity contribution in [1.82, 2.24) is 25.5 Å². The first-order valence-electron chi connectivity index (χ1n) is 9.29. The van der Waals surface area contributed by atoms with E-state index in [1.54, 1.807) is 0 Å². The predicted molar refractivity (Wildman–Crippen MR) is 98.4 cm³/mol. The molecule has 1 amide bonds. The number of fused-ring (bicyclic) bond motifs is 1. The lowest BCUT2D eigenvalue weighted by Crippen LogP contribution is -2.41. The van der Waals surface area contributed by atoms with Crippen molar-refractivity contribution in [2.24, 2.45) is 12.5 Å². The Morgan fingerprint density at radius 1 is 1.36 bits per heavy atom. The Balaban J connectivity index is 1.31. The van der Waals surface area contributed by atoms with E-state index >= 15 is 0 Å². The number of nitrogens with zero attached hydrogens (tertiary/aromatic N) is 2. The highest BCUT2D eigenvalue weighted by atomic mass is 16.2. The van der Waals surface area contributed by atoms with Crippen molar-refractivity contribution in [2.75, 3.05) is 26.2 Å². The van der Waals surface area contributed by atoms with Gasteiger partial charge in [-0.3, -0.25) is 4.79 Å². The highest BCUT2D eigenvalue weighted by molar-refractivity contribution is 5.82. The molecule has 1 unspecified atom stereocenters. The molecule has 1 spiro atoms. The molecule has 3 N–H and O–H groups in total. The van der Waals surface area contributed by atoms with E-state index in [4.69, 9.17) is 0 Å². The standard InChI is InChI=1S/C19H27N5O/c1-24-16-5-3-2-4-14(16)23-17(24)6-9-21-18(25)15-12-19(13-22-15)7-10-20-11-8-19/h2-5,15,20,22H,6-13H2,1H3,(H,21,25). The number of hydrogen-bond donors (Lipinski definition) is 3. The average molecular weight is 341 g/mol. The summed E-state index contributed by atoms with van der Waals surface area (Å²) in [7, 11) is 2.03. The molecule has 25 heavy (non-hydrogen) atoms.